The van der Waals surface area contributed by atoms with Gasteiger partial charge in [-0.2, -0.15) is 0 Å². The van der Waals surface area contributed by atoms with Gasteiger partial charge in [-0.15, -0.1) is 0 Å². The van der Waals surface area contributed by atoms with Crippen LogP contribution in [0.3, 0.4) is 0 Å². The zero-order chi connectivity index (χ0) is 19.7. The van der Waals surface area contributed by atoms with Gasteiger partial charge in [0.1, 0.15) is 11.4 Å². The maximum Gasteiger partial charge on any atom is 0.344 e. The Morgan fingerprint density at radius 2 is 1.64 bits per heavy atom. The summed E-state index contributed by atoms with van der Waals surface area (Å²) in [5, 5.41) is 0. The normalized spacial score (nSPS) is 34.2. The molecule has 0 radical (unpaired) electrons. The fourth-order valence-corrected chi connectivity index (χ4v) is 6.51. The van der Waals surface area contributed by atoms with E-state index in [-0.39, 0.29) is 18.2 Å². The van der Waals surface area contributed by atoms with Crippen molar-refractivity contribution in [3.05, 3.63) is 29.8 Å². The Balaban J connectivity index is 1.38. The van der Waals surface area contributed by atoms with E-state index in [1.807, 2.05) is 12.1 Å². The number of hydrogen-bond acceptors (Lipinski definition) is 3. The fraction of sp³-hybridized carbons (Fsp3) is 0.720. The molecule has 0 aromatic heterocycles. The zero-order valence-corrected chi connectivity index (χ0v) is 17.8. The van der Waals surface area contributed by atoms with E-state index in [1.165, 1.54) is 37.7 Å². The molecule has 4 fully saturated rings. The molecule has 0 heterocycles. The Labute approximate surface area is 170 Å². The first kappa shape index (κ1) is 19.8. The third kappa shape index (κ3) is 3.69. The van der Waals surface area contributed by atoms with E-state index in [4.69, 9.17) is 9.47 Å². The number of rotatable bonds is 8. The molecular formula is C25H36O3. The Kier molecular flexibility index (Phi) is 5.71. The highest BCUT2D eigenvalue weighted by Crippen LogP contribution is 2.61. The van der Waals surface area contributed by atoms with Crippen LogP contribution in [-0.2, 0) is 9.53 Å². The predicted octanol–water partition coefficient (Wildman–Crippen LogP) is 6.12. The summed E-state index contributed by atoms with van der Waals surface area (Å²) in [6, 6.07) is 8.15. The maximum absolute atomic E-state index is 12.8. The third-order valence-electron chi connectivity index (χ3n) is 7.88. The lowest BCUT2D eigenvalue weighted by Crippen LogP contribution is -2.59. The summed E-state index contributed by atoms with van der Waals surface area (Å²) in [7, 11) is 0. The molecule has 1 aromatic rings. The Bertz CT molecular complexity index is 650. The van der Waals surface area contributed by atoms with Gasteiger partial charge in [0, 0.05) is 0 Å². The van der Waals surface area contributed by atoms with Crippen LogP contribution >= 0.6 is 0 Å². The minimum absolute atomic E-state index is 0.0143. The summed E-state index contributed by atoms with van der Waals surface area (Å²) in [6.07, 6.45) is 9.67. The minimum Gasteiger partial charge on any atom is -0.482 e. The van der Waals surface area contributed by atoms with Gasteiger partial charge < -0.3 is 9.47 Å². The lowest BCUT2D eigenvalue weighted by Gasteiger charge is -2.60. The average molecular weight is 385 g/mol. The monoisotopic (exact) mass is 384 g/mol. The number of ether oxygens (including phenoxy) is 2. The van der Waals surface area contributed by atoms with Crippen LogP contribution < -0.4 is 4.74 Å². The quantitative estimate of drug-likeness (QED) is 0.507. The van der Waals surface area contributed by atoms with Crippen molar-refractivity contribution in [3.63, 3.8) is 0 Å². The van der Waals surface area contributed by atoms with E-state index in [1.54, 1.807) is 0 Å². The standard InChI is InChI=1S/C25H36O3/c1-4-10-25(21-12-18-11-19(14-21)15-22(25)13-18)28-24(26)16-27-23-8-6-20(7-9-23)17(3)5-2/h6-9,17-19,21-22H,4-5,10-16H2,1-3H3. The van der Waals surface area contributed by atoms with Gasteiger partial charge in [0.2, 0.25) is 0 Å². The second-order valence-electron chi connectivity index (χ2n) is 9.65. The van der Waals surface area contributed by atoms with Gasteiger partial charge in [-0.3, -0.25) is 0 Å². The summed E-state index contributed by atoms with van der Waals surface area (Å²) < 4.78 is 12.1. The van der Waals surface area contributed by atoms with E-state index in [0.29, 0.717) is 17.8 Å². The summed E-state index contributed by atoms with van der Waals surface area (Å²) in [5.74, 6) is 4.01. The van der Waals surface area contributed by atoms with E-state index in [9.17, 15) is 4.79 Å². The number of carbonyl (C=O) groups excluding carboxylic acids is 1. The van der Waals surface area contributed by atoms with Crippen LogP contribution in [0.2, 0.25) is 0 Å². The van der Waals surface area contributed by atoms with Crippen LogP contribution in [0, 0.1) is 23.7 Å². The number of benzene rings is 1. The van der Waals surface area contributed by atoms with Crippen LogP contribution in [0.15, 0.2) is 24.3 Å². The van der Waals surface area contributed by atoms with Crippen molar-refractivity contribution in [1.29, 1.82) is 0 Å². The Hall–Kier alpha value is -1.51. The Morgan fingerprint density at radius 1 is 1.04 bits per heavy atom. The van der Waals surface area contributed by atoms with Crippen LogP contribution in [0.1, 0.15) is 83.6 Å². The van der Waals surface area contributed by atoms with Gasteiger partial charge >= 0.3 is 5.97 Å². The molecule has 0 amide bonds. The third-order valence-corrected chi connectivity index (χ3v) is 7.88. The lowest BCUT2D eigenvalue weighted by molar-refractivity contribution is -0.213. The van der Waals surface area contributed by atoms with Crippen LogP contribution in [0.25, 0.3) is 0 Å². The van der Waals surface area contributed by atoms with Crippen molar-refractivity contribution < 1.29 is 14.3 Å². The molecule has 0 N–H and O–H groups in total. The second-order valence-corrected chi connectivity index (χ2v) is 9.65. The number of hydrogen-bond donors (Lipinski definition) is 0. The number of esters is 1. The highest BCUT2D eigenvalue weighted by Gasteiger charge is 2.58. The topological polar surface area (TPSA) is 35.5 Å². The molecule has 154 valence electrons. The molecule has 3 nitrogen and oxygen atoms in total. The van der Waals surface area contributed by atoms with E-state index >= 15 is 0 Å². The molecule has 1 aromatic carbocycles. The molecule has 4 saturated carbocycles. The van der Waals surface area contributed by atoms with Crippen LogP contribution in [0.4, 0.5) is 0 Å². The fourth-order valence-electron chi connectivity index (χ4n) is 6.51. The minimum atomic E-state index is -0.219. The maximum atomic E-state index is 12.8. The van der Waals surface area contributed by atoms with Gasteiger partial charge in [0.25, 0.3) is 0 Å². The van der Waals surface area contributed by atoms with Gasteiger partial charge in [0.15, 0.2) is 6.61 Å². The van der Waals surface area contributed by atoms with E-state index in [2.05, 4.69) is 32.9 Å². The van der Waals surface area contributed by atoms with Crippen molar-refractivity contribution in [2.45, 2.75) is 83.7 Å². The summed E-state index contributed by atoms with van der Waals surface area (Å²) >= 11 is 0. The van der Waals surface area contributed by atoms with E-state index in [0.717, 1.165) is 36.8 Å². The number of carbonyl (C=O) groups is 1. The molecule has 1 atom stereocenters. The SMILES string of the molecule is CCCC1(OC(=O)COc2ccc(C(C)CC)cc2)C2CC3CC(C2)CC1C3. The molecule has 0 spiro atoms. The average Bonchev–Trinajstić information content (AvgIpc) is 2.70. The van der Waals surface area contributed by atoms with Gasteiger partial charge in [-0.05, 0) is 92.2 Å². The smallest absolute Gasteiger partial charge is 0.344 e. The van der Waals surface area contributed by atoms with Gasteiger partial charge in [-0.1, -0.05) is 39.3 Å². The van der Waals surface area contributed by atoms with Crippen molar-refractivity contribution in [2.75, 3.05) is 6.61 Å². The van der Waals surface area contributed by atoms with Crippen LogP contribution in [0.5, 0.6) is 5.75 Å². The van der Waals surface area contributed by atoms with Gasteiger partial charge in [-0.25, -0.2) is 4.79 Å². The van der Waals surface area contributed by atoms with Crippen molar-refractivity contribution in [1.82, 2.24) is 0 Å². The zero-order valence-electron chi connectivity index (χ0n) is 17.8. The highest BCUT2D eigenvalue weighted by molar-refractivity contribution is 5.71. The van der Waals surface area contributed by atoms with Gasteiger partial charge in [0.05, 0.1) is 0 Å². The molecule has 4 aliphatic carbocycles. The molecule has 4 bridgehead atoms. The second kappa shape index (κ2) is 8.08. The van der Waals surface area contributed by atoms with Crippen LogP contribution in [-0.4, -0.2) is 18.2 Å². The predicted molar refractivity (Wildman–Crippen MR) is 111 cm³/mol. The largest absolute Gasteiger partial charge is 0.482 e. The van der Waals surface area contributed by atoms with Crippen molar-refractivity contribution in [3.8, 4) is 5.75 Å². The van der Waals surface area contributed by atoms with Crippen molar-refractivity contribution >= 4 is 5.97 Å². The lowest BCUT2D eigenvalue weighted by atomic mass is 9.49. The first-order valence-corrected chi connectivity index (χ1v) is 11.5. The highest BCUT2D eigenvalue weighted by atomic mass is 16.6. The summed E-state index contributed by atoms with van der Waals surface area (Å²) in [4.78, 5) is 12.8. The first-order valence-electron chi connectivity index (χ1n) is 11.5. The molecule has 5 rings (SSSR count). The molecule has 4 aliphatic rings. The van der Waals surface area contributed by atoms with E-state index < -0.39 is 0 Å². The Morgan fingerprint density at radius 3 is 2.18 bits per heavy atom. The molecule has 3 heteroatoms. The molecule has 0 aliphatic heterocycles. The molecular weight excluding hydrogens is 348 g/mol. The molecule has 0 saturated heterocycles. The summed E-state index contributed by atoms with van der Waals surface area (Å²) in [6.45, 7) is 6.66. The molecule has 1 unspecified atom stereocenters. The summed E-state index contributed by atoms with van der Waals surface area (Å²) in [5.41, 5.74) is 1.09. The van der Waals surface area contributed by atoms with Crippen molar-refractivity contribution in [2.24, 2.45) is 23.7 Å². The first-order chi connectivity index (χ1) is 13.5. The molecule has 28 heavy (non-hydrogen) atoms.